The van der Waals surface area contributed by atoms with Crippen molar-refractivity contribution in [2.75, 3.05) is 0 Å². The Balaban J connectivity index is 0.000001000. The van der Waals surface area contributed by atoms with Crippen LogP contribution in [0, 0.1) is 6.92 Å². The van der Waals surface area contributed by atoms with Crippen molar-refractivity contribution in [2.24, 2.45) is 0 Å². The summed E-state index contributed by atoms with van der Waals surface area (Å²) in [6.45, 7) is 1.90. The van der Waals surface area contributed by atoms with Gasteiger partial charge >= 0.3 is 51.4 Å². The number of aromatic carboxylic acids is 1. The first-order chi connectivity index (χ1) is 4.70. The fourth-order valence-corrected chi connectivity index (χ4v) is 0.690. The fourth-order valence-electron chi connectivity index (χ4n) is 0.690. The molecule has 2 nitrogen and oxygen atoms in total. The predicted molar refractivity (Wildman–Crippen MR) is 35.5 cm³/mol. The maximum absolute atomic E-state index is 10.2. The van der Waals surface area contributed by atoms with Gasteiger partial charge in [0, 0.05) is 0 Å². The summed E-state index contributed by atoms with van der Waals surface area (Å²) in [5, 5.41) is 10.2. The molecule has 0 spiro atoms. The maximum atomic E-state index is 10.2. The van der Waals surface area contributed by atoms with Crippen molar-refractivity contribution in [2.45, 2.75) is 6.92 Å². The van der Waals surface area contributed by atoms with Crippen LogP contribution in [0.15, 0.2) is 24.3 Å². The van der Waals surface area contributed by atoms with Gasteiger partial charge in [0.2, 0.25) is 0 Å². The number of aryl methyl sites for hydroxylation is 1. The molecule has 0 N–H and O–H groups in total. The van der Waals surface area contributed by atoms with Gasteiger partial charge in [-0.2, -0.15) is 0 Å². The number of hydrogen-bond acceptors (Lipinski definition) is 2. The molecule has 0 aliphatic carbocycles. The van der Waals surface area contributed by atoms with Gasteiger partial charge < -0.3 is 9.90 Å². The van der Waals surface area contributed by atoms with Crippen molar-refractivity contribution in [3.8, 4) is 0 Å². The van der Waals surface area contributed by atoms with Crippen LogP contribution in [0.3, 0.4) is 0 Å². The minimum absolute atomic E-state index is 0. The SMILES string of the molecule is Cc1ccc(C(=O)[O-])cc1.[K+]. The van der Waals surface area contributed by atoms with Crippen LogP contribution in [0.1, 0.15) is 15.9 Å². The normalized spacial score (nSPS) is 8.45. The summed E-state index contributed by atoms with van der Waals surface area (Å²) in [6, 6.07) is 6.55. The van der Waals surface area contributed by atoms with E-state index in [2.05, 4.69) is 0 Å². The van der Waals surface area contributed by atoms with E-state index < -0.39 is 5.97 Å². The Morgan fingerprint density at radius 3 is 2.09 bits per heavy atom. The second-order valence-electron chi connectivity index (χ2n) is 2.15. The molecule has 0 bridgehead atoms. The largest absolute Gasteiger partial charge is 1.00 e. The van der Waals surface area contributed by atoms with E-state index in [1.165, 1.54) is 12.1 Å². The van der Waals surface area contributed by atoms with E-state index in [1.54, 1.807) is 12.1 Å². The average Bonchev–Trinajstić information content (AvgIpc) is 1.88. The molecule has 0 aromatic heterocycles. The Hall–Kier alpha value is 0.326. The van der Waals surface area contributed by atoms with Gasteiger partial charge in [-0.05, 0) is 12.5 Å². The van der Waals surface area contributed by atoms with Crippen molar-refractivity contribution >= 4 is 5.97 Å². The van der Waals surface area contributed by atoms with E-state index in [1.807, 2.05) is 6.92 Å². The van der Waals surface area contributed by atoms with Gasteiger partial charge in [-0.1, -0.05) is 29.8 Å². The first-order valence-electron chi connectivity index (χ1n) is 2.98. The topological polar surface area (TPSA) is 40.1 Å². The van der Waals surface area contributed by atoms with E-state index in [0.717, 1.165) is 5.56 Å². The Bertz CT molecular complexity index is 241. The molecule has 0 fully saturated rings. The summed E-state index contributed by atoms with van der Waals surface area (Å²) < 4.78 is 0. The van der Waals surface area contributed by atoms with Crippen molar-refractivity contribution in [3.05, 3.63) is 35.4 Å². The van der Waals surface area contributed by atoms with Crippen molar-refractivity contribution < 1.29 is 61.3 Å². The Kier molecular flexibility index (Phi) is 5.21. The van der Waals surface area contributed by atoms with Gasteiger partial charge in [0.15, 0.2) is 0 Å². The molecule has 0 saturated heterocycles. The molecule has 3 heteroatoms. The van der Waals surface area contributed by atoms with Crippen LogP contribution in [0.5, 0.6) is 0 Å². The molecule has 0 saturated carbocycles. The molecular weight excluding hydrogens is 167 g/mol. The predicted octanol–water partition coefficient (Wildman–Crippen LogP) is -2.64. The molecule has 1 aromatic rings. The van der Waals surface area contributed by atoms with Crippen LogP contribution in [0.4, 0.5) is 0 Å². The van der Waals surface area contributed by atoms with Crippen LogP contribution < -0.4 is 56.5 Å². The second kappa shape index (κ2) is 5.06. The van der Waals surface area contributed by atoms with E-state index in [9.17, 15) is 9.90 Å². The maximum Gasteiger partial charge on any atom is 1.00 e. The third-order valence-electron chi connectivity index (χ3n) is 1.29. The number of hydrogen-bond donors (Lipinski definition) is 0. The van der Waals surface area contributed by atoms with Crippen LogP contribution in [0.2, 0.25) is 0 Å². The minimum atomic E-state index is -1.12. The standard InChI is InChI=1S/C8H8O2.K/c1-6-2-4-7(5-3-6)8(9)10;/h2-5H,1H3,(H,9,10);/q;+1/p-1. The molecule has 0 aliphatic rings. The number of carboxylic acid groups (broad SMARTS) is 1. The Morgan fingerprint density at radius 1 is 1.27 bits per heavy atom. The van der Waals surface area contributed by atoms with Crippen molar-refractivity contribution in [3.63, 3.8) is 0 Å². The van der Waals surface area contributed by atoms with Crippen molar-refractivity contribution in [1.29, 1.82) is 0 Å². The molecule has 0 amide bonds. The monoisotopic (exact) mass is 174 g/mol. The third kappa shape index (κ3) is 3.49. The van der Waals surface area contributed by atoms with E-state index in [0.29, 0.717) is 0 Å². The summed E-state index contributed by atoms with van der Waals surface area (Å²) in [7, 11) is 0. The molecule has 11 heavy (non-hydrogen) atoms. The van der Waals surface area contributed by atoms with Gasteiger partial charge in [-0.25, -0.2) is 0 Å². The number of carbonyl (C=O) groups excluding carboxylic acids is 1. The Labute approximate surface area is 108 Å². The summed E-state index contributed by atoms with van der Waals surface area (Å²) in [5.41, 5.74) is 1.27. The molecule has 0 heterocycles. The first kappa shape index (κ1) is 11.3. The zero-order valence-corrected chi connectivity index (χ0v) is 9.75. The van der Waals surface area contributed by atoms with Gasteiger partial charge in [-0.15, -0.1) is 0 Å². The smallest absolute Gasteiger partial charge is 0.545 e. The molecule has 0 unspecified atom stereocenters. The van der Waals surface area contributed by atoms with Crippen LogP contribution in [-0.2, 0) is 0 Å². The summed E-state index contributed by atoms with van der Waals surface area (Å²) in [4.78, 5) is 10.2. The summed E-state index contributed by atoms with van der Waals surface area (Å²) >= 11 is 0. The molecule has 1 rings (SSSR count). The fraction of sp³-hybridized carbons (Fsp3) is 0.125. The first-order valence-corrected chi connectivity index (χ1v) is 2.98. The zero-order chi connectivity index (χ0) is 7.56. The third-order valence-corrected chi connectivity index (χ3v) is 1.29. The summed E-state index contributed by atoms with van der Waals surface area (Å²) in [5.74, 6) is -1.12. The van der Waals surface area contributed by atoms with Gasteiger partial charge in [0.1, 0.15) is 0 Å². The molecule has 0 radical (unpaired) electrons. The minimum Gasteiger partial charge on any atom is -0.545 e. The van der Waals surface area contributed by atoms with Crippen LogP contribution in [0.25, 0.3) is 0 Å². The molecule has 0 aliphatic heterocycles. The van der Waals surface area contributed by atoms with Gasteiger partial charge in [0.05, 0.1) is 5.97 Å². The van der Waals surface area contributed by atoms with Crippen LogP contribution >= 0.6 is 0 Å². The average molecular weight is 174 g/mol. The Morgan fingerprint density at radius 2 is 1.73 bits per heavy atom. The summed E-state index contributed by atoms with van der Waals surface area (Å²) in [6.07, 6.45) is 0. The zero-order valence-electron chi connectivity index (χ0n) is 6.63. The van der Waals surface area contributed by atoms with Crippen molar-refractivity contribution in [1.82, 2.24) is 0 Å². The molecule has 52 valence electrons. The number of benzene rings is 1. The van der Waals surface area contributed by atoms with Crippen LogP contribution in [-0.4, -0.2) is 5.97 Å². The molecular formula is C8H7KO2. The van der Waals surface area contributed by atoms with Gasteiger partial charge in [-0.3, -0.25) is 0 Å². The number of rotatable bonds is 1. The molecule has 1 aromatic carbocycles. The van der Waals surface area contributed by atoms with E-state index in [4.69, 9.17) is 0 Å². The molecule has 0 atom stereocenters. The van der Waals surface area contributed by atoms with E-state index in [-0.39, 0.29) is 56.9 Å². The number of carboxylic acids is 1. The van der Waals surface area contributed by atoms with E-state index >= 15 is 0 Å². The quantitative estimate of drug-likeness (QED) is 0.437. The number of carbonyl (C=O) groups is 1. The van der Waals surface area contributed by atoms with Gasteiger partial charge in [0.25, 0.3) is 0 Å². The second-order valence-corrected chi connectivity index (χ2v) is 2.15.